The van der Waals surface area contributed by atoms with Crippen LogP contribution in [0.4, 0.5) is 0 Å². The molecule has 7 heteroatoms. The van der Waals surface area contributed by atoms with Gasteiger partial charge in [-0.3, -0.25) is 4.79 Å². The summed E-state index contributed by atoms with van der Waals surface area (Å²) in [4.78, 5) is 11.2. The van der Waals surface area contributed by atoms with Crippen molar-refractivity contribution in [3.05, 3.63) is 29.8 Å². The van der Waals surface area contributed by atoms with Crippen LogP contribution in [0.15, 0.2) is 29.2 Å². The molecule has 0 aromatic heterocycles. The highest BCUT2D eigenvalue weighted by Gasteiger charge is 2.31. The van der Waals surface area contributed by atoms with Crippen LogP contribution in [0.2, 0.25) is 0 Å². The summed E-state index contributed by atoms with van der Waals surface area (Å²) in [5.74, 6) is -0.567. The first kappa shape index (κ1) is 15.9. The maximum atomic E-state index is 12.7. The number of sulfonamides is 1. The zero-order chi connectivity index (χ0) is 15.5. The zero-order valence-electron chi connectivity index (χ0n) is 12.1. The molecule has 1 aromatic carbocycles. The summed E-state index contributed by atoms with van der Waals surface area (Å²) < 4.78 is 27.0. The predicted octanol–water partition coefficient (Wildman–Crippen LogP) is 0.548. The van der Waals surface area contributed by atoms with Gasteiger partial charge in [-0.15, -0.1) is 0 Å². The van der Waals surface area contributed by atoms with E-state index in [0.717, 1.165) is 19.4 Å². The van der Waals surface area contributed by atoms with Gasteiger partial charge in [0.05, 0.1) is 4.90 Å². The standard InChI is InChI=1S/C14H21N3O3S/c1-2-17(12-4-3-9-16-10-12)21(19,20)13-7-5-11(6-8-13)14(15)18/h5-8,12,16H,2-4,9-10H2,1H3,(H2,15,18). The van der Waals surface area contributed by atoms with Gasteiger partial charge in [0.25, 0.3) is 0 Å². The Hall–Kier alpha value is -1.44. The van der Waals surface area contributed by atoms with Gasteiger partial charge in [0.2, 0.25) is 15.9 Å². The van der Waals surface area contributed by atoms with Crippen molar-refractivity contribution in [1.82, 2.24) is 9.62 Å². The van der Waals surface area contributed by atoms with Crippen LogP contribution in [0.25, 0.3) is 0 Å². The minimum absolute atomic E-state index is 0.0235. The smallest absolute Gasteiger partial charge is 0.248 e. The van der Waals surface area contributed by atoms with Crippen LogP contribution in [0.3, 0.4) is 0 Å². The van der Waals surface area contributed by atoms with Crippen LogP contribution >= 0.6 is 0 Å². The molecule has 116 valence electrons. The van der Waals surface area contributed by atoms with E-state index in [9.17, 15) is 13.2 Å². The summed E-state index contributed by atoms with van der Waals surface area (Å²) >= 11 is 0. The quantitative estimate of drug-likeness (QED) is 0.830. The van der Waals surface area contributed by atoms with Crippen molar-refractivity contribution in [3.8, 4) is 0 Å². The highest BCUT2D eigenvalue weighted by Crippen LogP contribution is 2.21. The molecule has 1 aromatic rings. The maximum Gasteiger partial charge on any atom is 0.248 e. The fourth-order valence-electron chi connectivity index (χ4n) is 2.63. The minimum atomic E-state index is -3.55. The van der Waals surface area contributed by atoms with E-state index in [1.165, 1.54) is 28.6 Å². The Labute approximate surface area is 125 Å². The number of nitrogens with zero attached hydrogens (tertiary/aromatic N) is 1. The summed E-state index contributed by atoms with van der Waals surface area (Å²) in [6, 6.07) is 5.75. The number of likely N-dealkylation sites (N-methyl/N-ethyl adjacent to an activating group) is 1. The van der Waals surface area contributed by atoms with Gasteiger partial charge in [-0.25, -0.2) is 8.42 Å². The monoisotopic (exact) mass is 311 g/mol. The third-order valence-electron chi connectivity index (χ3n) is 3.74. The number of carbonyl (C=O) groups is 1. The molecule has 0 spiro atoms. The fourth-order valence-corrected chi connectivity index (χ4v) is 4.29. The molecule has 0 saturated carbocycles. The van der Waals surface area contributed by atoms with E-state index >= 15 is 0 Å². The molecule has 1 heterocycles. The van der Waals surface area contributed by atoms with Crippen LogP contribution in [0.1, 0.15) is 30.1 Å². The van der Waals surface area contributed by atoms with E-state index in [0.29, 0.717) is 18.7 Å². The molecule has 1 fully saturated rings. The van der Waals surface area contributed by atoms with Crippen LogP contribution in [-0.2, 0) is 10.0 Å². The van der Waals surface area contributed by atoms with Crippen LogP contribution < -0.4 is 11.1 Å². The molecule has 1 aliphatic heterocycles. The van der Waals surface area contributed by atoms with Crippen molar-refractivity contribution < 1.29 is 13.2 Å². The van der Waals surface area contributed by atoms with Crippen molar-refractivity contribution in [1.29, 1.82) is 0 Å². The molecular weight excluding hydrogens is 290 g/mol. The number of rotatable bonds is 5. The van der Waals surface area contributed by atoms with Crippen molar-refractivity contribution >= 4 is 15.9 Å². The number of carbonyl (C=O) groups excluding carboxylic acids is 1. The largest absolute Gasteiger partial charge is 0.366 e. The maximum absolute atomic E-state index is 12.7. The first-order valence-corrected chi connectivity index (χ1v) is 8.53. The molecule has 6 nitrogen and oxygen atoms in total. The highest BCUT2D eigenvalue weighted by atomic mass is 32.2. The molecule has 1 unspecified atom stereocenters. The SMILES string of the molecule is CCN(C1CCCNC1)S(=O)(=O)c1ccc(C(N)=O)cc1. The lowest BCUT2D eigenvalue weighted by molar-refractivity contribution is 0.1000. The van der Waals surface area contributed by atoms with E-state index in [4.69, 9.17) is 5.73 Å². The van der Waals surface area contributed by atoms with Crippen LogP contribution in [-0.4, -0.2) is 44.3 Å². The molecule has 1 amide bonds. The molecule has 1 saturated heterocycles. The first-order chi connectivity index (χ1) is 9.96. The summed E-state index contributed by atoms with van der Waals surface area (Å²) in [6.45, 7) is 3.87. The average molecular weight is 311 g/mol. The topological polar surface area (TPSA) is 92.5 Å². The lowest BCUT2D eigenvalue weighted by Gasteiger charge is -2.33. The summed E-state index contributed by atoms with van der Waals surface area (Å²) in [5.41, 5.74) is 5.47. The third kappa shape index (κ3) is 3.42. The molecular formula is C14H21N3O3S. The van der Waals surface area contributed by atoms with E-state index in [1.807, 2.05) is 6.92 Å². The lowest BCUT2D eigenvalue weighted by Crippen LogP contribution is -2.48. The molecule has 3 N–H and O–H groups in total. The molecule has 0 radical (unpaired) electrons. The number of amides is 1. The summed E-state index contributed by atoms with van der Waals surface area (Å²) in [5, 5.41) is 3.23. The van der Waals surface area contributed by atoms with Gasteiger partial charge in [-0.2, -0.15) is 4.31 Å². The van der Waals surface area contributed by atoms with Gasteiger partial charge in [-0.05, 0) is 43.7 Å². The Morgan fingerprint density at radius 2 is 2.05 bits per heavy atom. The van der Waals surface area contributed by atoms with Crippen molar-refractivity contribution in [3.63, 3.8) is 0 Å². The molecule has 1 aliphatic rings. The average Bonchev–Trinajstić information content (AvgIpc) is 2.49. The Bertz CT molecular complexity index is 592. The molecule has 0 bridgehead atoms. The van der Waals surface area contributed by atoms with Gasteiger partial charge < -0.3 is 11.1 Å². The van der Waals surface area contributed by atoms with Gasteiger partial charge in [-0.1, -0.05) is 6.92 Å². The van der Waals surface area contributed by atoms with Crippen LogP contribution in [0, 0.1) is 0 Å². The number of hydrogen-bond acceptors (Lipinski definition) is 4. The predicted molar refractivity (Wildman–Crippen MR) is 80.4 cm³/mol. The van der Waals surface area contributed by atoms with E-state index in [2.05, 4.69) is 5.32 Å². The number of benzene rings is 1. The number of hydrogen-bond donors (Lipinski definition) is 2. The second-order valence-electron chi connectivity index (χ2n) is 5.10. The number of nitrogens with one attached hydrogen (secondary N) is 1. The zero-order valence-corrected chi connectivity index (χ0v) is 12.9. The summed E-state index contributed by atoms with van der Waals surface area (Å²) in [6.07, 6.45) is 1.83. The molecule has 21 heavy (non-hydrogen) atoms. The first-order valence-electron chi connectivity index (χ1n) is 7.09. The summed E-state index contributed by atoms with van der Waals surface area (Å²) in [7, 11) is -3.55. The minimum Gasteiger partial charge on any atom is -0.366 e. The fraction of sp³-hybridized carbons (Fsp3) is 0.500. The van der Waals surface area contributed by atoms with Crippen molar-refractivity contribution in [2.24, 2.45) is 5.73 Å². The number of primary amides is 1. The number of piperidine rings is 1. The van der Waals surface area contributed by atoms with E-state index in [-0.39, 0.29) is 10.9 Å². The van der Waals surface area contributed by atoms with E-state index < -0.39 is 15.9 Å². The Morgan fingerprint density at radius 1 is 1.38 bits per heavy atom. The molecule has 1 atom stereocenters. The van der Waals surface area contributed by atoms with Crippen LogP contribution in [0.5, 0.6) is 0 Å². The lowest BCUT2D eigenvalue weighted by atomic mass is 10.1. The molecule has 0 aliphatic carbocycles. The van der Waals surface area contributed by atoms with Gasteiger partial charge in [0.1, 0.15) is 0 Å². The van der Waals surface area contributed by atoms with Crippen molar-refractivity contribution in [2.75, 3.05) is 19.6 Å². The Morgan fingerprint density at radius 3 is 2.52 bits per heavy atom. The number of nitrogens with two attached hydrogens (primary N) is 1. The third-order valence-corrected chi connectivity index (χ3v) is 5.78. The Kier molecular flexibility index (Phi) is 4.97. The van der Waals surface area contributed by atoms with Crippen molar-refractivity contribution in [2.45, 2.75) is 30.7 Å². The molecule has 2 rings (SSSR count). The Balaban J connectivity index is 2.27. The highest BCUT2D eigenvalue weighted by molar-refractivity contribution is 7.89. The normalized spacial score (nSPS) is 19.6. The van der Waals surface area contributed by atoms with E-state index in [1.54, 1.807) is 0 Å². The van der Waals surface area contributed by atoms with Gasteiger partial charge >= 0.3 is 0 Å². The second-order valence-corrected chi connectivity index (χ2v) is 6.99. The van der Waals surface area contributed by atoms with Gasteiger partial charge in [0.15, 0.2) is 0 Å². The van der Waals surface area contributed by atoms with Gasteiger partial charge in [0, 0.05) is 24.7 Å². The second kappa shape index (κ2) is 6.55.